The van der Waals surface area contributed by atoms with E-state index < -0.39 is 10.0 Å². The van der Waals surface area contributed by atoms with Gasteiger partial charge in [-0.25, -0.2) is 8.42 Å². The first-order valence-electron chi connectivity index (χ1n) is 7.83. The largest absolute Gasteiger partial charge is 0.495 e. The summed E-state index contributed by atoms with van der Waals surface area (Å²) in [6, 6.07) is 6.26. The standard InChI is InChI=1S/C17H18ClN3O4S2/c1-9-10(2)19-20-17(9)15-5-6-16(26-15)27(22,23)21-12-7-11(18)13(24-3)8-14(12)25-4/h5-8,21H,1-4H3,(H,19,20). The predicted molar refractivity (Wildman–Crippen MR) is 107 cm³/mol. The molecule has 3 rings (SSSR count). The summed E-state index contributed by atoms with van der Waals surface area (Å²) in [4.78, 5) is 0.761. The van der Waals surface area contributed by atoms with Gasteiger partial charge in [-0.15, -0.1) is 11.3 Å². The van der Waals surface area contributed by atoms with E-state index >= 15 is 0 Å². The van der Waals surface area contributed by atoms with Crippen LogP contribution in [0.2, 0.25) is 5.02 Å². The van der Waals surface area contributed by atoms with Crippen LogP contribution >= 0.6 is 22.9 Å². The Balaban J connectivity index is 1.94. The second-order valence-corrected chi connectivity index (χ2v) is 9.13. The average molecular weight is 428 g/mol. The van der Waals surface area contributed by atoms with E-state index in [-0.39, 0.29) is 14.9 Å². The van der Waals surface area contributed by atoms with E-state index in [9.17, 15) is 8.42 Å². The smallest absolute Gasteiger partial charge is 0.271 e. The monoisotopic (exact) mass is 427 g/mol. The van der Waals surface area contributed by atoms with Crippen LogP contribution < -0.4 is 14.2 Å². The summed E-state index contributed by atoms with van der Waals surface area (Å²) in [7, 11) is -0.919. The first-order valence-corrected chi connectivity index (χ1v) is 10.5. The van der Waals surface area contributed by atoms with Gasteiger partial charge in [-0.1, -0.05) is 11.6 Å². The van der Waals surface area contributed by atoms with Crippen LogP contribution in [0.3, 0.4) is 0 Å². The Morgan fingerprint density at radius 1 is 1.15 bits per heavy atom. The number of benzene rings is 1. The molecule has 0 fully saturated rings. The molecule has 0 amide bonds. The molecule has 0 unspecified atom stereocenters. The zero-order chi connectivity index (χ0) is 19.8. The molecule has 3 aromatic rings. The van der Waals surface area contributed by atoms with E-state index in [0.717, 1.165) is 33.2 Å². The van der Waals surface area contributed by atoms with Gasteiger partial charge in [0.25, 0.3) is 10.0 Å². The number of H-pyrrole nitrogens is 1. The van der Waals surface area contributed by atoms with Crippen molar-refractivity contribution in [1.29, 1.82) is 0 Å². The van der Waals surface area contributed by atoms with Crippen LogP contribution in [0.25, 0.3) is 10.6 Å². The molecule has 0 aliphatic rings. The van der Waals surface area contributed by atoms with Crippen molar-refractivity contribution >= 4 is 38.6 Å². The summed E-state index contributed by atoms with van der Waals surface area (Å²) in [5.41, 5.74) is 2.89. The SMILES string of the molecule is COc1cc(OC)c(NS(=O)(=O)c2ccc(-c3n[nH]c(C)c3C)s2)cc1Cl. The Labute approximate surface area is 166 Å². The minimum Gasteiger partial charge on any atom is -0.495 e. The predicted octanol–water partition coefficient (Wildman–Crippen LogP) is 4.23. The van der Waals surface area contributed by atoms with Gasteiger partial charge in [-0.2, -0.15) is 5.10 Å². The number of ether oxygens (including phenoxy) is 2. The molecule has 0 spiro atoms. The highest BCUT2D eigenvalue weighted by Crippen LogP contribution is 2.38. The highest BCUT2D eigenvalue weighted by Gasteiger charge is 2.22. The van der Waals surface area contributed by atoms with Gasteiger partial charge >= 0.3 is 0 Å². The van der Waals surface area contributed by atoms with Crippen molar-refractivity contribution in [3.05, 3.63) is 40.5 Å². The summed E-state index contributed by atoms with van der Waals surface area (Å²) in [5, 5.41) is 7.41. The molecule has 144 valence electrons. The number of aryl methyl sites for hydroxylation is 1. The fourth-order valence-electron chi connectivity index (χ4n) is 2.45. The van der Waals surface area contributed by atoms with Crippen molar-refractivity contribution < 1.29 is 17.9 Å². The first kappa shape index (κ1) is 19.5. The van der Waals surface area contributed by atoms with Crippen LogP contribution in [0, 0.1) is 13.8 Å². The summed E-state index contributed by atoms with van der Waals surface area (Å²) in [6.45, 7) is 3.85. The van der Waals surface area contributed by atoms with Crippen LogP contribution in [0.1, 0.15) is 11.3 Å². The molecule has 2 N–H and O–H groups in total. The number of aromatic amines is 1. The normalized spacial score (nSPS) is 11.4. The first-order chi connectivity index (χ1) is 12.8. The molecule has 10 heteroatoms. The van der Waals surface area contributed by atoms with Crippen LogP contribution in [-0.4, -0.2) is 32.8 Å². The quantitative estimate of drug-likeness (QED) is 0.614. The molecule has 27 heavy (non-hydrogen) atoms. The number of aromatic nitrogens is 2. The molecule has 2 aromatic heterocycles. The van der Waals surface area contributed by atoms with E-state index in [1.165, 1.54) is 26.4 Å². The zero-order valence-corrected chi connectivity index (χ0v) is 17.5. The van der Waals surface area contributed by atoms with E-state index in [1.54, 1.807) is 12.1 Å². The van der Waals surface area contributed by atoms with Gasteiger partial charge in [-0.3, -0.25) is 9.82 Å². The maximum absolute atomic E-state index is 12.8. The van der Waals surface area contributed by atoms with Crippen molar-refractivity contribution in [3.63, 3.8) is 0 Å². The van der Waals surface area contributed by atoms with E-state index in [4.69, 9.17) is 21.1 Å². The minimum absolute atomic E-state index is 0.159. The summed E-state index contributed by atoms with van der Waals surface area (Å²) in [6.07, 6.45) is 0. The molecule has 1 aromatic carbocycles. The van der Waals surface area contributed by atoms with Gasteiger partial charge in [0.1, 0.15) is 21.4 Å². The molecule has 7 nitrogen and oxygen atoms in total. The van der Waals surface area contributed by atoms with Crippen molar-refractivity contribution in [2.45, 2.75) is 18.1 Å². The fraction of sp³-hybridized carbons (Fsp3) is 0.235. The van der Waals surface area contributed by atoms with Gasteiger partial charge in [0.15, 0.2) is 0 Å². The maximum atomic E-state index is 12.8. The molecule has 2 heterocycles. The number of hydrogen-bond donors (Lipinski definition) is 2. The van der Waals surface area contributed by atoms with Crippen molar-refractivity contribution in [3.8, 4) is 22.1 Å². The fourth-order valence-corrected chi connectivity index (χ4v) is 5.11. The third-order valence-corrected chi connectivity index (χ3v) is 7.30. The highest BCUT2D eigenvalue weighted by atomic mass is 35.5. The number of thiophene rings is 1. The van der Waals surface area contributed by atoms with E-state index in [1.807, 2.05) is 13.8 Å². The van der Waals surface area contributed by atoms with Crippen molar-refractivity contribution in [1.82, 2.24) is 10.2 Å². The molecule has 0 saturated carbocycles. The number of halogens is 1. The van der Waals surface area contributed by atoms with Gasteiger partial charge in [0.05, 0.1) is 29.8 Å². The number of hydrogen-bond acceptors (Lipinski definition) is 6. The van der Waals surface area contributed by atoms with E-state index in [0.29, 0.717) is 11.5 Å². The Morgan fingerprint density at radius 2 is 1.85 bits per heavy atom. The summed E-state index contributed by atoms with van der Waals surface area (Å²) in [5.74, 6) is 0.689. The lowest BCUT2D eigenvalue weighted by Gasteiger charge is -2.13. The Bertz CT molecular complexity index is 1090. The van der Waals surface area contributed by atoms with Crippen molar-refractivity contribution in [2.75, 3.05) is 18.9 Å². The molecule has 0 atom stereocenters. The van der Waals surface area contributed by atoms with Crippen LogP contribution in [0.5, 0.6) is 11.5 Å². The zero-order valence-electron chi connectivity index (χ0n) is 15.1. The lowest BCUT2D eigenvalue weighted by molar-refractivity contribution is 0.396. The third-order valence-electron chi connectivity index (χ3n) is 4.05. The van der Waals surface area contributed by atoms with Crippen LogP contribution in [0.4, 0.5) is 5.69 Å². The van der Waals surface area contributed by atoms with Crippen LogP contribution in [-0.2, 0) is 10.0 Å². The van der Waals surface area contributed by atoms with Gasteiger partial charge in [-0.05, 0) is 37.6 Å². The van der Waals surface area contributed by atoms with Crippen molar-refractivity contribution in [2.24, 2.45) is 0 Å². The lowest BCUT2D eigenvalue weighted by atomic mass is 10.2. The minimum atomic E-state index is -3.82. The number of nitrogens with one attached hydrogen (secondary N) is 2. The summed E-state index contributed by atoms with van der Waals surface area (Å²) < 4.78 is 38.7. The molecule has 0 aliphatic heterocycles. The average Bonchev–Trinajstić information content (AvgIpc) is 3.23. The number of rotatable bonds is 6. The number of methoxy groups -OCH3 is 2. The second kappa shape index (κ2) is 7.41. The maximum Gasteiger partial charge on any atom is 0.271 e. The number of sulfonamides is 1. The Kier molecular flexibility index (Phi) is 5.36. The molecule has 0 radical (unpaired) electrons. The van der Waals surface area contributed by atoms with Gasteiger partial charge in [0.2, 0.25) is 0 Å². The van der Waals surface area contributed by atoms with Gasteiger partial charge in [0, 0.05) is 11.8 Å². The van der Waals surface area contributed by atoms with Gasteiger partial charge < -0.3 is 9.47 Å². The molecular weight excluding hydrogens is 410 g/mol. The number of anilines is 1. The Morgan fingerprint density at radius 3 is 2.44 bits per heavy atom. The highest BCUT2D eigenvalue weighted by molar-refractivity contribution is 7.94. The summed E-state index contributed by atoms with van der Waals surface area (Å²) >= 11 is 7.25. The topological polar surface area (TPSA) is 93.3 Å². The molecule has 0 aliphatic carbocycles. The number of nitrogens with zero attached hydrogens (tertiary/aromatic N) is 1. The second-order valence-electron chi connectivity index (χ2n) is 5.73. The third kappa shape index (κ3) is 3.76. The lowest BCUT2D eigenvalue weighted by Crippen LogP contribution is -2.12. The molecule has 0 bridgehead atoms. The molecule has 0 saturated heterocycles. The molecular formula is C17H18ClN3O4S2. The van der Waals surface area contributed by atoms with Crippen LogP contribution in [0.15, 0.2) is 28.5 Å². The Hall–Kier alpha value is -2.23. The van der Waals surface area contributed by atoms with E-state index in [2.05, 4.69) is 14.9 Å².